The number of carbonyl (C=O) groups excluding carboxylic acids is 1. The Hall–Kier alpha value is -3.42. The van der Waals surface area contributed by atoms with Crippen LogP contribution in [-0.2, 0) is 21.2 Å². The highest BCUT2D eigenvalue weighted by molar-refractivity contribution is 7.93. The zero-order chi connectivity index (χ0) is 22.0. The highest BCUT2D eigenvalue weighted by atomic mass is 32.2. The van der Waals surface area contributed by atoms with Crippen molar-refractivity contribution in [1.29, 1.82) is 0 Å². The van der Waals surface area contributed by atoms with Gasteiger partial charge < -0.3 is 5.32 Å². The van der Waals surface area contributed by atoms with E-state index >= 15 is 0 Å². The van der Waals surface area contributed by atoms with Crippen molar-refractivity contribution in [3.05, 3.63) is 69.7 Å². The number of nitro benzene ring substituents is 1. The average molecular weight is 476 g/mol. The molecular formula is C18H13N5O5S3. The Morgan fingerprint density at radius 2 is 1.87 bits per heavy atom. The summed E-state index contributed by atoms with van der Waals surface area (Å²) in [6.07, 6.45) is -0.0837. The molecule has 4 aromatic rings. The largest absolute Gasteiger partial charge is 0.302 e. The van der Waals surface area contributed by atoms with Crippen molar-refractivity contribution < 1.29 is 18.1 Å². The topological polar surface area (TPSA) is 144 Å². The fraction of sp³-hybridized carbons (Fsp3) is 0.0556. The van der Waals surface area contributed by atoms with E-state index in [0.29, 0.717) is 21.0 Å². The zero-order valence-corrected chi connectivity index (χ0v) is 18.0. The molecule has 0 saturated carbocycles. The highest BCUT2D eigenvalue weighted by Crippen LogP contribution is 2.29. The van der Waals surface area contributed by atoms with Gasteiger partial charge in [0.15, 0.2) is 10.3 Å². The van der Waals surface area contributed by atoms with Gasteiger partial charge in [0, 0.05) is 17.5 Å². The normalized spacial score (nSPS) is 11.4. The number of thiazole rings is 2. The van der Waals surface area contributed by atoms with Crippen molar-refractivity contribution in [2.45, 2.75) is 11.3 Å². The molecule has 0 unspecified atom stereocenters. The van der Waals surface area contributed by atoms with E-state index < -0.39 is 20.9 Å². The van der Waals surface area contributed by atoms with Crippen LogP contribution in [0, 0.1) is 10.1 Å². The van der Waals surface area contributed by atoms with Crippen molar-refractivity contribution in [2.24, 2.45) is 0 Å². The first-order valence-corrected chi connectivity index (χ1v) is 11.9. The van der Waals surface area contributed by atoms with Crippen LogP contribution in [-0.4, -0.2) is 29.2 Å². The van der Waals surface area contributed by atoms with Gasteiger partial charge in [-0.25, -0.2) is 18.4 Å². The molecule has 2 heterocycles. The summed E-state index contributed by atoms with van der Waals surface area (Å²) in [5, 5.41) is 15.6. The summed E-state index contributed by atoms with van der Waals surface area (Å²) in [7, 11) is -3.76. The number of hydrogen-bond donors (Lipinski definition) is 2. The lowest BCUT2D eigenvalue weighted by Gasteiger charge is -2.04. The van der Waals surface area contributed by atoms with Gasteiger partial charge >= 0.3 is 0 Å². The lowest BCUT2D eigenvalue weighted by molar-refractivity contribution is -0.384. The van der Waals surface area contributed by atoms with E-state index in [1.165, 1.54) is 30.3 Å². The average Bonchev–Trinajstić information content (AvgIpc) is 3.33. The Labute approximate surface area is 183 Å². The molecular weight excluding hydrogens is 462 g/mol. The second-order valence-electron chi connectivity index (χ2n) is 6.22. The zero-order valence-electron chi connectivity index (χ0n) is 15.5. The number of nitrogens with one attached hydrogen (secondary N) is 2. The molecule has 0 bridgehead atoms. The number of sulfonamides is 1. The lowest BCUT2D eigenvalue weighted by atomic mass is 10.3. The van der Waals surface area contributed by atoms with Crippen LogP contribution in [0.25, 0.3) is 10.2 Å². The molecule has 0 saturated heterocycles. The van der Waals surface area contributed by atoms with Crippen LogP contribution in [0.1, 0.15) is 5.69 Å². The molecule has 158 valence electrons. The van der Waals surface area contributed by atoms with Crippen LogP contribution in [0.15, 0.2) is 58.8 Å². The molecule has 1 amide bonds. The van der Waals surface area contributed by atoms with Crippen molar-refractivity contribution in [1.82, 2.24) is 9.97 Å². The first-order chi connectivity index (χ1) is 14.8. The van der Waals surface area contributed by atoms with Gasteiger partial charge in [-0.2, -0.15) is 0 Å². The van der Waals surface area contributed by atoms with Crippen LogP contribution < -0.4 is 10.0 Å². The molecule has 0 spiro atoms. The van der Waals surface area contributed by atoms with Gasteiger partial charge in [-0.15, -0.1) is 11.3 Å². The molecule has 2 N–H and O–H groups in total. The quantitative estimate of drug-likeness (QED) is 0.307. The molecule has 0 aliphatic heterocycles. The van der Waals surface area contributed by atoms with E-state index in [0.717, 1.165) is 22.7 Å². The second kappa shape index (κ2) is 8.37. The van der Waals surface area contributed by atoms with Crippen molar-refractivity contribution in [3.63, 3.8) is 0 Å². The van der Waals surface area contributed by atoms with Gasteiger partial charge in [-0.3, -0.25) is 19.6 Å². The van der Waals surface area contributed by atoms with E-state index in [1.54, 1.807) is 23.6 Å². The van der Waals surface area contributed by atoms with E-state index in [2.05, 4.69) is 20.0 Å². The highest BCUT2D eigenvalue weighted by Gasteiger charge is 2.17. The third-order valence-corrected chi connectivity index (χ3v) is 7.22. The number of fused-ring (bicyclic) bond motifs is 1. The van der Waals surface area contributed by atoms with Crippen molar-refractivity contribution >= 4 is 64.8 Å². The molecule has 0 fully saturated rings. The SMILES string of the molecule is O=C(Cc1csc(NS(=O)(=O)c2ccccc2)n1)Nc1nc2ccc([N+](=O)[O-])cc2s1. The molecule has 0 atom stereocenters. The van der Waals surface area contributed by atoms with Gasteiger partial charge in [-0.1, -0.05) is 29.5 Å². The van der Waals surface area contributed by atoms with E-state index in [4.69, 9.17) is 0 Å². The fourth-order valence-corrected chi connectivity index (χ4v) is 5.52. The number of rotatable bonds is 7. The molecule has 0 aliphatic rings. The molecule has 2 aromatic carbocycles. The number of amides is 1. The van der Waals surface area contributed by atoms with Gasteiger partial charge in [-0.05, 0) is 18.2 Å². The number of nitrogens with zero attached hydrogens (tertiary/aromatic N) is 3. The number of nitro groups is 1. The second-order valence-corrected chi connectivity index (χ2v) is 9.79. The van der Waals surface area contributed by atoms with Crippen LogP contribution in [0.4, 0.5) is 16.0 Å². The lowest BCUT2D eigenvalue weighted by Crippen LogP contribution is -2.15. The van der Waals surface area contributed by atoms with Gasteiger partial charge in [0.25, 0.3) is 15.7 Å². The number of aromatic nitrogens is 2. The van der Waals surface area contributed by atoms with Gasteiger partial charge in [0.2, 0.25) is 5.91 Å². The maximum absolute atomic E-state index is 12.4. The standard InChI is InChI=1S/C18H13N5O5S3/c24-16(21-17-20-14-7-6-12(23(25)26)9-15(14)30-17)8-11-10-29-18(19-11)22-31(27,28)13-4-2-1-3-5-13/h1-7,9-10H,8H2,(H,19,22)(H,20,21,24). The fourth-order valence-electron chi connectivity index (χ4n) is 2.62. The minimum absolute atomic E-state index is 0.0537. The molecule has 31 heavy (non-hydrogen) atoms. The Bertz CT molecular complexity index is 1380. The Balaban J connectivity index is 1.41. The molecule has 13 heteroatoms. The predicted molar refractivity (Wildman–Crippen MR) is 118 cm³/mol. The van der Waals surface area contributed by atoms with Crippen LogP contribution in [0.3, 0.4) is 0 Å². The Morgan fingerprint density at radius 1 is 1.10 bits per heavy atom. The third-order valence-electron chi connectivity index (χ3n) is 4.00. The Kier molecular flexibility index (Phi) is 5.63. The molecule has 2 aromatic heterocycles. The monoisotopic (exact) mass is 475 g/mol. The van der Waals surface area contributed by atoms with Crippen LogP contribution >= 0.6 is 22.7 Å². The Morgan fingerprint density at radius 3 is 2.61 bits per heavy atom. The summed E-state index contributed by atoms with van der Waals surface area (Å²) < 4.78 is 27.7. The number of hydrogen-bond acceptors (Lipinski definition) is 9. The summed E-state index contributed by atoms with van der Waals surface area (Å²) >= 11 is 2.19. The molecule has 10 nitrogen and oxygen atoms in total. The molecule has 4 rings (SSSR count). The third kappa shape index (κ3) is 4.84. The van der Waals surface area contributed by atoms with Crippen molar-refractivity contribution in [2.75, 3.05) is 10.0 Å². The summed E-state index contributed by atoms with van der Waals surface area (Å²) in [5.74, 6) is -0.392. The minimum Gasteiger partial charge on any atom is -0.302 e. The predicted octanol–water partition coefficient (Wildman–Crippen LogP) is 3.64. The first-order valence-electron chi connectivity index (χ1n) is 8.67. The van der Waals surface area contributed by atoms with E-state index in [-0.39, 0.29) is 22.1 Å². The molecule has 0 radical (unpaired) electrons. The summed E-state index contributed by atoms with van der Waals surface area (Å²) in [6.45, 7) is 0. The van der Waals surface area contributed by atoms with Crippen molar-refractivity contribution in [3.8, 4) is 0 Å². The number of carbonyl (C=O) groups is 1. The van der Waals surface area contributed by atoms with Gasteiger partial charge in [0.1, 0.15) is 0 Å². The number of anilines is 2. The number of benzene rings is 2. The van der Waals surface area contributed by atoms with Gasteiger partial charge in [0.05, 0.1) is 32.2 Å². The summed E-state index contributed by atoms with van der Waals surface area (Å²) in [6, 6.07) is 12.2. The van der Waals surface area contributed by atoms with Crippen LogP contribution in [0.2, 0.25) is 0 Å². The first kappa shape index (κ1) is 20.8. The summed E-state index contributed by atoms with van der Waals surface area (Å²) in [5.41, 5.74) is 0.879. The minimum atomic E-state index is -3.76. The van der Waals surface area contributed by atoms with Crippen LogP contribution in [0.5, 0.6) is 0 Å². The van der Waals surface area contributed by atoms with E-state index in [1.807, 2.05) is 0 Å². The smallest absolute Gasteiger partial charge is 0.270 e. The van der Waals surface area contributed by atoms with E-state index in [9.17, 15) is 23.3 Å². The summed E-state index contributed by atoms with van der Waals surface area (Å²) in [4.78, 5) is 31.2. The maximum Gasteiger partial charge on any atom is 0.270 e. The number of non-ortho nitro benzene ring substituents is 1. The maximum atomic E-state index is 12.4. The molecule has 0 aliphatic carbocycles.